The first kappa shape index (κ1) is 19.9. The van der Waals surface area contributed by atoms with Gasteiger partial charge in [-0.25, -0.2) is 4.79 Å². The number of piperidine rings is 1. The lowest BCUT2D eigenvalue weighted by molar-refractivity contribution is -0.132. The van der Waals surface area contributed by atoms with Gasteiger partial charge in [-0.05, 0) is 51.3 Å². The second-order valence-corrected chi connectivity index (χ2v) is 8.05. The highest BCUT2D eigenvalue weighted by atomic mass is 16.2. The minimum atomic E-state index is -0.576. The molecule has 2 aromatic rings. The van der Waals surface area contributed by atoms with Crippen molar-refractivity contribution in [2.24, 2.45) is 5.41 Å². The molecule has 2 aromatic carbocycles. The lowest BCUT2D eigenvalue weighted by Crippen LogP contribution is -2.52. The van der Waals surface area contributed by atoms with Crippen LogP contribution in [0.4, 0.5) is 10.5 Å². The predicted octanol–water partition coefficient (Wildman–Crippen LogP) is 4.25. The Morgan fingerprint density at radius 1 is 1.00 bits per heavy atom. The van der Waals surface area contributed by atoms with Crippen LogP contribution in [0.2, 0.25) is 0 Å². The average Bonchev–Trinajstić information content (AvgIpc) is 2.69. The predicted molar refractivity (Wildman–Crippen MR) is 112 cm³/mol. The van der Waals surface area contributed by atoms with Crippen molar-refractivity contribution in [1.82, 2.24) is 10.2 Å². The normalized spacial score (nSPS) is 19.2. The number of hydrogen-bond donors (Lipinski definition) is 2. The lowest BCUT2D eigenvalue weighted by Gasteiger charge is -2.39. The number of likely N-dealkylation sites (tertiary alicyclic amines) is 1. The van der Waals surface area contributed by atoms with E-state index in [1.165, 1.54) is 5.56 Å². The van der Waals surface area contributed by atoms with E-state index in [2.05, 4.69) is 10.6 Å². The van der Waals surface area contributed by atoms with Crippen LogP contribution in [0.3, 0.4) is 0 Å². The summed E-state index contributed by atoms with van der Waals surface area (Å²) in [7, 11) is 0. The van der Waals surface area contributed by atoms with E-state index in [-0.39, 0.29) is 11.9 Å². The molecule has 0 bridgehead atoms. The highest BCUT2D eigenvalue weighted by Gasteiger charge is 2.39. The summed E-state index contributed by atoms with van der Waals surface area (Å²) < 4.78 is 0. The first-order valence-electron chi connectivity index (χ1n) is 9.82. The number of hydrogen-bond acceptors (Lipinski definition) is 2. The van der Waals surface area contributed by atoms with Crippen molar-refractivity contribution in [1.29, 1.82) is 0 Å². The van der Waals surface area contributed by atoms with E-state index in [1.54, 1.807) is 4.90 Å². The Hall–Kier alpha value is -2.82. The minimum Gasteiger partial charge on any atom is -0.351 e. The molecule has 0 spiro atoms. The number of urea groups is 1. The zero-order chi connectivity index (χ0) is 20.1. The van der Waals surface area contributed by atoms with E-state index >= 15 is 0 Å². The van der Waals surface area contributed by atoms with Crippen molar-refractivity contribution in [3.05, 3.63) is 65.2 Å². The maximum absolute atomic E-state index is 12.9. The molecule has 1 heterocycles. The van der Waals surface area contributed by atoms with Crippen LogP contribution in [0.15, 0.2) is 48.5 Å². The van der Waals surface area contributed by atoms with Crippen molar-refractivity contribution in [3.8, 4) is 0 Å². The van der Waals surface area contributed by atoms with E-state index in [4.69, 9.17) is 0 Å². The molecular formula is C23H29N3O2. The number of rotatable bonds is 4. The molecule has 1 aliphatic heterocycles. The van der Waals surface area contributed by atoms with Gasteiger partial charge in [0.1, 0.15) is 0 Å². The zero-order valence-corrected chi connectivity index (χ0v) is 16.9. The Morgan fingerprint density at radius 2 is 1.61 bits per heavy atom. The van der Waals surface area contributed by atoms with E-state index in [1.807, 2.05) is 69.3 Å². The van der Waals surface area contributed by atoms with Gasteiger partial charge in [0.15, 0.2) is 0 Å². The van der Waals surface area contributed by atoms with E-state index in [0.29, 0.717) is 19.6 Å². The molecule has 3 rings (SSSR count). The van der Waals surface area contributed by atoms with Crippen LogP contribution in [0.5, 0.6) is 0 Å². The third-order valence-electron chi connectivity index (χ3n) is 5.41. The van der Waals surface area contributed by atoms with Crippen LogP contribution in [0.25, 0.3) is 0 Å². The third kappa shape index (κ3) is 4.91. The lowest BCUT2D eigenvalue weighted by atomic mass is 9.81. The standard InChI is InChI=1S/C23H29N3O2/c1-17-5-9-19(10-6-17)15-24-21(27)23(3)13-4-14-26(16-23)22(28)25-20-11-7-18(2)8-12-20/h5-12H,4,13-16H2,1-3H3,(H,24,27)(H,25,28). The molecule has 0 aliphatic carbocycles. The Kier molecular flexibility index (Phi) is 6.02. The van der Waals surface area contributed by atoms with Gasteiger partial charge < -0.3 is 15.5 Å². The summed E-state index contributed by atoms with van der Waals surface area (Å²) >= 11 is 0. The van der Waals surface area contributed by atoms with Gasteiger partial charge in [0.2, 0.25) is 5.91 Å². The number of amides is 3. The summed E-state index contributed by atoms with van der Waals surface area (Å²) in [6.45, 7) is 7.59. The molecule has 1 atom stereocenters. The molecule has 28 heavy (non-hydrogen) atoms. The summed E-state index contributed by atoms with van der Waals surface area (Å²) in [6, 6.07) is 15.7. The molecule has 1 saturated heterocycles. The van der Waals surface area contributed by atoms with Gasteiger partial charge in [0.25, 0.3) is 0 Å². The third-order valence-corrected chi connectivity index (χ3v) is 5.41. The fourth-order valence-corrected chi connectivity index (χ4v) is 3.54. The smallest absolute Gasteiger partial charge is 0.321 e. The number of benzene rings is 2. The molecule has 5 nitrogen and oxygen atoms in total. The van der Waals surface area contributed by atoms with Crippen LogP contribution in [0, 0.1) is 19.3 Å². The SMILES string of the molecule is Cc1ccc(CNC(=O)C2(C)CCCN(C(=O)Nc3ccc(C)cc3)C2)cc1. The number of carbonyl (C=O) groups is 2. The Morgan fingerprint density at radius 3 is 2.25 bits per heavy atom. The second-order valence-electron chi connectivity index (χ2n) is 8.05. The minimum absolute atomic E-state index is 0.000843. The largest absolute Gasteiger partial charge is 0.351 e. The zero-order valence-electron chi connectivity index (χ0n) is 16.9. The Balaban J connectivity index is 1.58. The van der Waals surface area contributed by atoms with Gasteiger partial charge >= 0.3 is 6.03 Å². The van der Waals surface area contributed by atoms with Gasteiger partial charge in [0.05, 0.1) is 5.41 Å². The molecule has 0 aromatic heterocycles. The topological polar surface area (TPSA) is 61.4 Å². The van der Waals surface area contributed by atoms with Crippen LogP contribution >= 0.6 is 0 Å². The van der Waals surface area contributed by atoms with Gasteiger partial charge in [-0.2, -0.15) is 0 Å². The summed E-state index contributed by atoms with van der Waals surface area (Å²) in [4.78, 5) is 27.3. The molecule has 0 radical (unpaired) electrons. The van der Waals surface area contributed by atoms with Gasteiger partial charge in [-0.3, -0.25) is 4.79 Å². The monoisotopic (exact) mass is 379 g/mol. The molecule has 2 N–H and O–H groups in total. The number of anilines is 1. The fraction of sp³-hybridized carbons (Fsp3) is 0.391. The van der Waals surface area contributed by atoms with Crippen LogP contribution in [-0.4, -0.2) is 29.9 Å². The first-order chi connectivity index (χ1) is 13.4. The average molecular weight is 380 g/mol. The molecule has 3 amide bonds. The second kappa shape index (κ2) is 8.46. The fourth-order valence-electron chi connectivity index (χ4n) is 3.54. The summed E-state index contributed by atoms with van der Waals surface area (Å²) in [6.07, 6.45) is 1.59. The van der Waals surface area contributed by atoms with Crippen LogP contribution < -0.4 is 10.6 Å². The quantitative estimate of drug-likeness (QED) is 0.834. The molecule has 148 valence electrons. The van der Waals surface area contributed by atoms with E-state index in [0.717, 1.165) is 29.7 Å². The van der Waals surface area contributed by atoms with Crippen molar-refractivity contribution < 1.29 is 9.59 Å². The van der Waals surface area contributed by atoms with Gasteiger partial charge in [-0.1, -0.05) is 47.5 Å². The van der Waals surface area contributed by atoms with E-state index in [9.17, 15) is 9.59 Å². The molecule has 0 saturated carbocycles. The molecule has 1 aliphatic rings. The maximum Gasteiger partial charge on any atom is 0.321 e. The molecule has 1 fully saturated rings. The van der Waals surface area contributed by atoms with Crippen molar-refractivity contribution in [3.63, 3.8) is 0 Å². The number of nitrogens with zero attached hydrogens (tertiary/aromatic N) is 1. The molecule has 1 unspecified atom stereocenters. The maximum atomic E-state index is 12.9. The van der Waals surface area contributed by atoms with Gasteiger partial charge in [0, 0.05) is 25.3 Å². The van der Waals surface area contributed by atoms with Crippen molar-refractivity contribution in [2.75, 3.05) is 18.4 Å². The molecular weight excluding hydrogens is 350 g/mol. The number of carbonyl (C=O) groups excluding carboxylic acids is 2. The highest BCUT2D eigenvalue weighted by Crippen LogP contribution is 2.30. The Labute approximate surface area is 167 Å². The number of aryl methyl sites for hydroxylation is 2. The van der Waals surface area contributed by atoms with Crippen molar-refractivity contribution in [2.45, 2.75) is 40.2 Å². The first-order valence-corrected chi connectivity index (χ1v) is 9.82. The molecule has 5 heteroatoms. The summed E-state index contributed by atoms with van der Waals surface area (Å²) in [5.41, 5.74) is 3.62. The van der Waals surface area contributed by atoms with Crippen LogP contribution in [0.1, 0.15) is 36.5 Å². The van der Waals surface area contributed by atoms with Crippen LogP contribution in [-0.2, 0) is 11.3 Å². The summed E-state index contributed by atoms with van der Waals surface area (Å²) in [5.74, 6) is 0.000843. The summed E-state index contributed by atoms with van der Waals surface area (Å²) in [5, 5.41) is 5.98. The van der Waals surface area contributed by atoms with E-state index < -0.39 is 5.41 Å². The number of nitrogens with one attached hydrogen (secondary N) is 2. The van der Waals surface area contributed by atoms with Gasteiger partial charge in [-0.15, -0.1) is 0 Å². The Bertz CT molecular complexity index is 830. The van der Waals surface area contributed by atoms with Crippen molar-refractivity contribution >= 4 is 17.6 Å². The highest BCUT2D eigenvalue weighted by molar-refractivity contribution is 5.90.